The molecule has 1 rings (SSSR count). The van der Waals surface area contributed by atoms with E-state index in [1.807, 2.05) is 25.9 Å². The third-order valence-corrected chi connectivity index (χ3v) is 1.91. The second-order valence-corrected chi connectivity index (χ2v) is 3.20. The SMILES string of the molecule is CC(NC(=O)c1cnccn1)N(C)C. The van der Waals surface area contributed by atoms with Gasteiger partial charge in [-0.1, -0.05) is 0 Å². The summed E-state index contributed by atoms with van der Waals surface area (Å²) in [5.74, 6) is -0.209. The number of nitrogens with one attached hydrogen (secondary N) is 1. The van der Waals surface area contributed by atoms with Crippen LogP contribution in [-0.2, 0) is 0 Å². The minimum atomic E-state index is -0.209. The maximum atomic E-state index is 11.5. The molecule has 5 nitrogen and oxygen atoms in total. The number of hydrogen-bond donors (Lipinski definition) is 1. The Morgan fingerprint density at radius 1 is 1.50 bits per heavy atom. The average Bonchev–Trinajstić information content (AvgIpc) is 2.19. The van der Waals surface area contributed by atoms with Gasteiger partial charge in [-0.15, -0.1) is 0 Å². The van der Waals surface area contributed by atoms with Crippen molar-refractivity contribution in [3.8, 4) is 0 Å². The molecule has 0 aliphatic heterocycles. The van der Waals surface area contributed by atoms with Crippen LogP contribution in [0.2, 0.25) is 0 Å². The Bertz CT molecular complexity index is 299. The van der Waals surface area contributed by atoms with Crippen LogP contribution in [0.25, 0.3) is 0 Å². The Morgan fingerprint density at radius 3 is 2.71 bits per heavy atom. The normalized spacial score (nSPS) is 12.6. The molecule has 5 heteroatoms. The number of carbonyl (C=O) groups is 1. The number of hydrogen-bond acceptors (Lipinski definition) is 4. The Balaban J connectivity index is 2.60. The number of rotatable bonds is 3. The topological polar surface area (TPSA) is 58.1 Å². The van der Waals surface area contributed by atoms with Crippen molar-refractivity contribution in [1.82, 2.24) is 20.2 Å². The third-order valence-electron chi connectivity index (χ3n) is 1.91. The predicted molar refractivity (Wildman–Crippen MR) is 52.6 cm³/mol. The summed E-state index contributed by atoms with van der Waals surface area (Å²) in [4.78, 5) is 21.1. The van der Waals surface area contributed by atoms with Crippen molar-refractivity contribution in [2.45, 2.75) is 13.1 Å². The fourth-order valence-corrected chi connectivity index (χ4v) is 0.809. The summed E-state index contributed by atoms with van der Waals surface area (Å²) < 4.78 is 0. The van der Waals surface area contributed by atoms with Crippen molar-refractivity contribution in [3.63, 3.8) is 0 Å². The molecule has 0 aliphatic carbocycles. The van der Waals surface area contributed by atoms with E-state index < -0.39 is 0 Å². The summed E-state index contributed by atoms with van der Waals surface area (Å²) in [6.45, 7) is 1.90. The smallest absolute Gasteiger partial charge is 0.272 e. The highest BCUT2D eigenvalue weighted by atomic mass is 16.2. The Kier molecular flexibility index (Phi) is 3.53. The van der Waals surface area contributed by atoms with Crippen LogP contribution in [0.1, 0.15) is 17.4 Å². The molecule has 0 fully saturated rings. The number of amides is 1. The van der Waals surface area contributed by atoms with Crippen LogP contribution in [0.4, 0.5) is 0 Å². The highest BCUT2D eigenvalue weighted by Gasteiger charge is 2.11. The van der Waals surface area contributed by atoms with Gasteiger partial charge in [-0.3, -0.25) is 14.7 Å². The van der Waals surface area contributed by atoms with Crippen LogP contribution >= 0.6 is 0 Å². The molecular weight excluding hydrogens is 180 g/mol. The molecule has 1 N–H and O–H groups in total. The zero-order valence-electron chi connectivity index (χ0n) is 8.56. The third kappa shape index (κ3) is 2.77. The van der Waals surface area contributed by atoms with E-state index in [9.17, 15) is 4.79 Å². The van der Waals surface area contributed by atoms with Crippen LogP contribution in [0, 0.1) is 0 Å². The monoisotopic (exact) mass is 194 g/mol. The van der Waals surface area contributed by atoms with Crippen molar-refractivity contribution in [1.29, 1.82) is 0 Å². The minimum Gasteiger partial charge on any atom is -0.335 e. The van der Waals surface area contributed by atoms with Crippen LogP contribution in [0.3, 0.4) is 0 Å². The molecule has 0 bridgehead atoms. The highest BCUT2D eigenvalue weighted by molar-refractivity contribution is 5.91. The van der Waals surface area contributed by atoms with Crippen LogP contribution < -0.4 is 5.32 Å². The fraction of sp³-hybridized carbons (Fsp3) is 0.444. The van der Waals surface area contributed by atoms with Crippen molar-refractivity contribution in [2.75, 3.05) is 14.1 Å². The predicted octanol–water partition coefficient (Wildman–Crippen LogP) is 0.114. The molecule has 1 aromatic rings. The molecule has 0 saturated heterocycles. The maximum absolute atomic E-state index is 11.5. The molecular formula is C9H14N4O. The molecule has 0 saturated carbocycles. The fourth-order valence-electron chi connectivity index (χ4n) is 0.809. The van der Waals surface area contributed by atoms with Gasteiger partial charge < -0.3 is 5.32 Å². The zero-order chi connectivity index (χ0) is 10.6. The molecule has 1 atom stereocenters. The Labute approximate surface area is 83.2 Å². The average molecular weight is 194 g/mol. The van der Waals surface area contributed by atoms with Crippen molar-refractivity contribution in [3.05, 3.63) is 24.3 Å². The summed E-state index contributed by atoms with van der Waals surface area (Å²) in [7, 11) is 3.78. The van der Waals surface area contributed by atoms with E-state index in [1.54, 1.807) is 0 Å². The molecule has 0 spiro atoms. The van der Waals surface area contributed by atoms with Gasteiger partial charge in [0, 0.05) is 12.4 Å². The molecule has 1 amide bonds. The van der Waals surface area contributed by atoms with Crippen LogP contribution in [0.15, 0.2) is 18.6 Å². The first-order valence-corrected chi connectivity index (χ1v) is 4.34. The maximum Gasteiger partial charge on any atom is 0.272 e. The molecule has 1 heterocycles. The van der Waals surface area contributed by atoms with Crippen LogP contribution in [-0.4, -0.2) is 41.0 Å². The van der Waals surface area contributed by atoms with Gasteiger partial charge in [-0.25, -0.2) is 4.98 Å². The Morgan fingerprint density at radius 2 is 2.21 bits per heavy atom. The summed E-state index contributed by atoms with van der Waals surface area (Å²) in [5, 5.41) is 2.78. The first-order valence-electron chi connectivity index (χ1n) is 4.34. The zero-order valence-corrected chi connectivity index (χ0v) is 8.56. The lowest BCUT2D eigenvalue weighted by atomic mass is 10.4. The second kappa shape index (κ2) is 4.66. The molecule has 1 unspecified atom stereocenters. The molecule has 14 heavy (non-hydrogen) atoms. The van der Waals surface area contributed by atoms with E-state index in [1.165, 1.54) is 18.6 Å². The summed E-state index contributed by atoms with van der Waals surface area (Å²) in [5.41, 5.74) is 0.334. The highest BCUT2D eigenvalue weighted by Crippen LogP contribution is 1.93. The first kappa shape index (κ1) is 10.6. The molecule has 0 aromatic carbocycles. The number of carbonyl (C=O) groups excluding carboxylic acids is 1. The lowest BCUT2D eigenvalue weighted by Crippen LogP contribution is -2.42. The summed E-state index contributed by atoms with van der Waals surface area (Å²) >= 11 is 0. The van der Waals surface area contributed by atoms with Crippen molar-refractivity contribution < 1.29 is 4.79 Å². The summed E-state index contributed by atoms with van der Waals surface area (Å²) in [6, 6.07) is 0. The quantitative estimate of drug-likeness (QED) is 0.694. The standard InChI is InChI=1S/C9H14N4O/c1-7(13(2)3)12-9(14)8-6-10-4-5-11-8/h4-7H,1-3H3,(H,12,14). The molecule has 1 aromatic heterocycles. The Hall–Kier alpha value is -1.49. The van der Waals surface area contributed by atoms with Gasteiger partial charge in [0.15, 0.2) is 0 Å². The van der Waals surface area contributed by atoms with E-state index in [4.69, 9.17) is 0 Å². The molecule has 0 radical (unpaired) electrons. The molecule has 76 valence electrons. The molecule has 0 aliphatic rings. The van der Waals surface area contributed by atoms with E-state index in [-0.39, 0.29) is 12.1 Å². The van der Waals surface area contributed by atoms with E-state index in [0.717, 1.165) is 0 Å². The van der Waals surface area contributed by atoms with Gasteiger partial charge in [0.05, 0.1) is 12.4 Å². The van der Waals surface area contributed by atoms with Gasteiger partial charge in [-0.2, -0.15) is 0 Å². The van der Waals surface area contributed by atoms with Crippen molar-refractivity contribution >= 4 is 5.91 Å². The van der Waals surface area contributed by atoms with E-state index >= 15 is 0 Å². The number of aromatic nitrogens is 2. The van der Waals surface area contributed by atoms with Gasteiger partial charge >= 0.3 is 0 Å². The van der Waals surface area contributed by atoms with Crippen molar-refractivity contribution in [2.24, 2.45) is 0 Å². The minimum absolute atomic E-state index is 0.0236. The summed E-state index contributed by atoms with van der Waals surface area (Å²) in [6.07, 6.45) is 4.45. The van der Waals surface area contributed by atoms with E-state index in [2.05, 4.69) is 15.3 Å². The van der Waals surface area contributed by atoms with Gasteiger partial charge in [0.25, 0.3) is 5.91 Å². The van der Waals surface area contributed by atoms with Crippen LogP contribution in [0.5, 0.6) is 0 Å². The lowest BCUT2D eigenvalue weighted by molar-refractivity contribution is 0.0894. The lowest BCUT2D eigenvalue weighted by Gasteiger charge is -2.20. The largest absolute Gasteiger partial charge is 0.335 e. The first-order chi connectivity index (χ1) is 6.61. The van der Waals surface area contributed by atoms with Gasteiger partial charge in [0.1, 0.15) is 5.69 Å². The number of nitrogens with zero attached hydrogens (tertiary/aromatic N) is 3. The van der Waals surface area contributed by atoms with Gasteiger partial charge in [0.2, 0.25) is 0 Å². The van der Waals surface area contributed by atoms with Gasteiger partial charge in [-0.05, 0) is 21.0 Å². The van der Waals surface area contributed by atoms with E-state index in [0.29, 0.717) is 5.69 Å². The second-order valence-electron chi connectivity index (χ2n) is 3.20.